The third kappa shape index (κ3) is 3.04. The summed E-state index contributed by atoms with van der Waals surface area (Å²) in [4.78, 5) is 20.1. The highest BCUT2D eigenvalue weighted by molar-refractivity contribution is 9.10. The third-order valence-electron chi connectivity index (χ3n) is 2.77. The van der Waals surface area contributed by atoms with Crippen molar-refractivity contribution in [2.75, 3.05) is 0 Å². The van der Waals surface area contributed by atoms with E-state index in [2.05, 4.69) is 25.9 Å². The van der Waals surface area contributed by atoms with Crippen LogP contribution in [0.1, 0.15) is 11.1 Å². The molecule has 0 amide bonds. The molecule has 0 saturated heterocycles. The van der Waals surface area contributed by atoms with Gasteiger partial charge in [-0.05, 0) is 39.7 Å². The summed E-state index contributed by atoms with van der Waals surface area (Å²) in [5.74, 6) is -0.281. The lowest BCUT2D eigenvalue weighted by Crippen LogP contribution is -2.05. The molecule has 0 radical (unpaired) electrons. The lowest BCUT2D eigenvalue weighted by Gasteiger charge is -1.98. The lowest BCUT2D eigenvalue weighted by atomic mass is 10.2. The first kappa shape index (κ1) is 14.0. The highest BCUT2D eigenvalue weighted by Gasteiger charge is 2.24. The summed E-state index contributed by atoms with van der Waals surface area (Å²) in [5.41, 5.74) is 1.54. The van der Waals surface area contributed by atoms with Gasteiger partial charge in [-0.2, -0.15) is 0 Å². The SMILES string of the molecule is O=C1OC(c2cncc(Br)c2)=N/C1=C\c1ccccc1Cl. The van der Waals surface area contributed by atoms with Crippen molar-refractivity contribution in [3.63, 3.8) is 0 Å². The molecule has 0 saturated carbocycles. The quantitative estimate of drug-likeness (QED) is 0.602. The summed E-state index contributed by atoms with van der Waals surface area (Å²) in [6.45, 7) is 0. The first-order valence-electron chi connectivity index (χ1n) is 6.01. The molecule has 4 nitrogen and oxygen atoms in total. The van der Waals surface area contributed by atoms with Crippen LogP contribution < -0.4 is 0 Å². The maximum Gasteiger partial charge on any atom is 0.363 e. The molecule has 0 N–H and O–H groups in total. The Morgan fingerprint density at radius 1 is 1.24 bits per heavy atom. The number of aromatic nitrogens is 1. The highest BCUT2D eigenvalue weighted by Crippen LogP contribution is 2.23. The Kier molecular flexibility index (Phi) is 3.86. The molecule has 1 aliphatic heterocycles. The van der Waals surface area contributed by atoms with Gasteiger partial charge in [0, 0.05) is 21.9 Å². The Morgan fingerprint density at radius 3 is 2.81 bits per heavy atom. The molecule has 1 aromatic heterocycles. The van der Waals surface area contributed by atoms with E-state index in [-0.39, 0.29) is 11.6 Å². The Bertz CT molecular complexity index is 787. The molecule has 6 heteroatoms. The van der Waals surface area contributed by atoms with Gasteiger partial charge in [-0.1, -0.05) is 29.8 Å². The Morgan fingerprint density at radius 2 is 2.05 bits per heavy atom. The summed E-state index contributed by atoms with van der Waals surface area (Å²) < 4.78 is 5.95. The molecule has 0 unspecified atom stereocenters. The third-order valence-corrected chi connectivity index (χ3v) is 3.55. The lowest BCUT2D eigenvalue weighted by molar-refractivity contribution is -0.129. The van der Waals surface area contributed by atoms with Crippen molar-refractivity contribution in [2.24, 2.45) is 4.99 Å². The number of cyclic esters (lactones) is 1. The smallest absolute Gasteiger partial charge is 0.363 e. The minimum absolute atomic E-state index is 0.207. The van der Waals surface area contributed by atoms with Gasteiger partial charge in [0.05, 0.1) is 5.56 Å². The second-order valence-electron chi connectivity index (χ2n) is 4.25. The molecule has 0 spiro atoms. The average molecular weight is 364 g/mol. The standard InChI is InChI=1S/C15H8BrClN2O2/c16-11-5-10(7-18-8-11)14-19-13(15(20)21-14)6-9-3-1-2-4-12(9)17/h1-8H/b13-6-. The van der Waals surface area contributed by atoms with Gasteiger partial charge in [-0.15, -0.1) is 0 Å². The van der Waals surface area contributed by atoms with Crippen LogP contribution in [0.3, 0.4) is 0 Å². The monoisotopic (exact) mass is 362 g/mol. The number of nitrogens with zero attached hydrogens (tertiary/aromatic N) is 2. The van der Waals surface area contributed by atoms with Crippen molar-refractivity contribution in [2.45, 2.75) is 0 Å². The Hall–Kier alpha value is -1.98. The molecule has 0 bridgehead atoms. The van der Waals surface area contributed by atoms with E-state index in [0.29, 0.717) is 16.1 Å². The zero-order valence-electron chi connectivity index (χ0n) is 10.6. The number of halogens is 2. The summed E-state index contributed by atoms with van der Waals surface area (Å²) in [7, 11) is 0. The number of pyridine rings is 1. The van der Waals surface area contributed by atoms with Crippen LogP contribution in [0.2, 0.25) is 5.02 Å². The minimum Gasteiger partial charge on any atom is -0.402 e. The van der Waals surface area contributed by atoms with E-state index >= 15 is 0 Å². The normalized spacial score (nSPS) is 16.0. The number of carbonyl (C=O) groups excluding carboxylic acids is 1. The van der Waals surface area contributed by atoms with Gasteiger partial charge in [0.25, 0.3) is 0 Å². The first-order valence-corrected chi connectivity index (χ1v) is 7.18. The summed E-state index contributed by atoms with van der Waals surface area (Å²) in [5, 5.41) is 0.547. The molecule has 0 aliphatic carbocycles. The van der Waals surface area contributed by atoms with Crippen molar-refractivity contribution in [3.8, 4) is 0 Å². The van der Waals surface area contributed by atoms with E-state index in [1.165, 1.54) is 0 Å². The first-order chi connectivity index (χ1) is 10.1. The second kappa shape index (κ2) is 5.79. The number of hydrogen-bond acceptors (Lipinski definition) is 4. The van der Waals surface area contributed by atoms with Crippen LogP contribution in [-0.4, -0.2) is 16.9 Å². The van der Waals surface area contributed by atoms with Gasteiger partial charge < -0.3 is 4.74 Å². The van der Waals surface area contributed by atoms with Crippen LogP contribution in [0.4, 0.5) is 0 Å². The van der Waals surface area contributed by atoms with Crippen molar-refractivity contribution in [1.82, 2.24) is 4.98 Å². The van der Waals surface area contributed by atoms with Gasteiger partial charge >= 0.3 is 5.97 Å². The molecule has 0 fully saturated rings. The Labute approximate surface area is 134 Å². The predicted octanol–water partition coefficient (Wildman–Crippen LogP) is 3.84. The van der Waals surface area contributed by atoms with Crippen LogP contribution >= 0.6 is 27.5 Å². The van der Waals surface area contributed by atoms with Crippen molar-refractivity contribution in [3.05, 3.63) is 69.0 Å². The second-order valence-corrected chi connectivity index (χ2v) is 5.57. The van der Waals surface area contributed by atoms with Gasteiger partial charge in [0.1, 0.15) is 0 Å². The highest BCUT2D eigenvalue weighted by atomic mass is 79.9. The minimum atomic E-state index is -0.509. The van der Waals surface area contributed by atoms with E-state index in [1.54, 1.807) is 36.7 Å². The average Bonchev–Trinajstić information content (AvgIpc) is 2.83. The number of esters is 1. The van der Waals surface area contributed by atoms with Crippen LogP contribution in [0.15, 0.2) is 57.9 Å². The molecule has 104 valence electrons. The number of aliphatic imine (C=N–C) groups is 1. The zero-order chi connectivity index (χ0) is 14.8. The number of carbonyl (C=O) groups is 1. The van der Waals surface area contributed by atoms with Crippen molar-refractivity contribution in [1.29, 1.82) is 0 Å². The fraction of sp³-hybridized carbons (Fsp3) is 0. The van der Waals surface area contributed by atoms with Crippen LogP contribution in [0.25, 0.3) is 6.08 Å². The van der Waals surface area contributed by atoms with Crippen molar-refractivity contribution >= 4 is 45.5 Å². The summed E-state index contributed by atoms with van der Waals surface area (Å²) in [6, 6.07) is 8.98. The Balaban J connectivity index is 1.98. The maximum atomic E-state index is 11.9. The predicted molar refractivity (Wildman–Crippen MR) is 84.0 cm³/mol. The zero-order valence-corrected chi connectivity index (χ0v) is 12.9. The topological polar surface area (TPSA) is 51.5 Å². The van der Waals surface area contributed by atoms with E-state index < -0.39 is 5.97 Å². The molecule has 0 atom stereocenters. The molecule has 21 heavy (non-hydrogen) atoms. The van der Waals surface area contributed by atoms with E-state index in [1.807, 2.05) is 12.1 Å². The van der Waals surface area contributed by atoms with Gasteiger partial charge in [0.2, 0.25) is 5.90 Å². The summed E-state index contributed by atoms with van der Waals surface area (Å²) in [6.07, 6.45) is 4.82. The molecule has 3 rings (SSSR count). The van der Waals surface area contributed by atoms with E-state index in [4.69, 9.17) is 16.3 Å². The number of rotatable bonds is 2. The van der Waals surface area contributed by atoms with E-state index in [0.717, 1.165) is 4.47 Å². The molecule has 1 aliphatic rings. The molecule has 1 aromatic carbocycles. The molecular formula is C15H8BrClN2O2. The fourth-order valence-corrected chi connectivity index (χ4v) is 2.36. The number of benzene rings is 1. The number of ether oxygens (including phenoxy) is 1. The van der Waals surface area contributed by atoms with Gasteiger partial charge in [-0.25, -0.2) is 9.79 Å². The maximum absolute atomic E-state index is 11.9. The molecule has 2 heterocycles. The number of hydrogen-bond donors (Lipinski definition) is 0. The van der Waals surface area contributed by atoms with Gasteiger partial charge in [0.15, 0.2) is 5.70 Å². The molecular weight excluding hydrogens is 356 g/mol. The summed E-state index contributed by atoms with van der Waals surface area (Å²) >= 11 is 9.38. The van der Waals surface area contributed by atoms with Gasteiger partial charge in [-0.3, -0.25) is 4.98 Å². The van der Waals surface area contributed by atoms with Crippen molar-refractivity contribution < 1.29 is 9.53 Å². The largest absolute Gasteiger partial charge is 0.402 e. The van der Waals surface area contributed by atoms with Crippen LogP contribution in [-0.2, 0) is 9.53 Å². The molecule has 2 aromatic rings. The fourth-order valence-electron chi connectivity index (χ4n) is 1.80. The van der Waals surface area contributed by atoms with E-state index in [9.17, 15) is 4.79 Å². The van der Waals surface area contributed by atoms with Crippen LogP contribution in [0.5, 0.6) is 0 Å². The van der Waals surface area contributed by atoms with Crippen LogP contribution in [0, 0.1) is 0 Å².